The molecule has 0 radical (unpaired) electrons. The maximum atomic E-state index is 5.42. The zero-order valence-corrected chi connectivity index (χ0v) is 13.0. The molecule has 3 nitrogen and oxygen atoms in total. The first kappa shape index (κ1) is 18.0. The fourth-order valence-corrected chi connectivity index (χ4v) is 1.50. The molecule has 19 heavy (non-hydrogen) atoms. The van der Waals surface area contributed by atoms with Gasteiger partial charge in [-0.15, -0.1) is 0 Å². The van der Waals surface area contributed by atoms with Crippen molar-refractivity contribution in [1.29, 1.82) is 0 Å². The van der Waals surface area contributed by atoms with Gasteiger partial charge in [0.2, 0.25) is 0 Å². The molecule has 0 aromatic heterocycles. The third-order valence-corrected chi connectivity index (χ3v) is 3.01. The molecule has 0 heterocycles. The highest BCUT2D eigenvalue weighted by atomic mass is 16.5. The van der Waals surface area contributed by atoms with Gasteiger partial charge in [-0.25, -0.2) is 0 Å². The molecule has 0 saturated heterocycles. The standard InChI is InChI=1S/C16H30O3/c1-5-15(6-2)13-18-11-9-17-10-12-19-14-16(7-3)8-4/h13-14H,5-12H2,1-4H3. The summed E-state index contributed by atoms with van der Waals surface area (Å²) in [5, 5.41) is 0. The summed E-state index contributed by atoms with van der Waals surface area (Å²) < 4.78 is 16.3. The second-order valence-corrected chi connectivity index (χ2v) is 4.32. The Morgan fingerprint density at radius 2 is 1.00 bits per heavy atom. The van der Waals surface area contributed by atoms with Crippen molar-refractivity contribution in [3.63, 3.8) is 0 Å². The fourth-order valence-electron chi connectivity index (χ4n) is 1.50. The Balaban J connectivity index is 3.41. The minimum absolute atomic E-state index is 0.606. The van der Waals surface area contributed by atoms with Gasteiger partial charge in [0, 0.05) is 0 Å². The van der Waals surface area contributed by atoms with E-state index < -0.39 is 0 Å². The van der Waals surface area contributed by atoms with Crippen LogP contribution in [0.1, 0.15) is 53.4 Å². The van der Waals surface area contributed by atoms with Gasteiger partial charge in [0.25, 0.3) is 0 Å². The first-order valence-corrected chi connectivity index (χ1v) is 7.45. The molecular weight excluding hydrogens is 240 g/mol. The number of hydrogen-bond acceptors (Lipinski definition) is 3. The third-order valence-electron chi connectivity index (χ3n) is 3.01. The van der Waals surface area contributed by atoms with Crippen LogP contribution in [0.15, 0.2) is 23.7 Å². The number of hydrogen-bond donors (Lipinski definition) is 0. The predicted octanol–water partition coefficient (Wildman–Crippen LogP) is 4.44. The number of ether oxygens (including phenoxy) is 3. The average Bonchev–Trinajstić information content (AvgIpc) is 2.45. The van der Waals surface area contributed by atoms with Gasteiger partial charge in [-0.2, -0.15) is 0 Å². The first-order chi connectivity index (χ1) is 9.28. The Kier molecular flexibility index (Phi) is 12.8. The molecular formula is C16H30O3. The Morgan fingerprint density at radius 1 is 0.632 bits per heavy atom. The van der Waals surface area contributed by atoms with Crippen LogP contribution >= 0.6 is 0 Å². The fraction of sp³-hybridized carbons (Fsp3) is 0.750. The lowest BCUT2D eigenvalue weighted by Gasteiger charge is -2.06. The first-order valence-electron chi connectivity index (χ1n) is 7.45. The second kappa shape index (κ2) is 13.5. The highest BCUT2D eigenvalue weighted by molar-refractivity contribution is 4.95. The smallest absolute Gasteiger partial charge is 0.111 e. The number of rotatable bonds is 12. The summed E-state index contributed by atoms with van der Waals surface area (Å²) in [6, 6.07) is 0. The van der Waals surface area contributed by atoms with E-state index in [0.29, 0.717) is 26.4 Å². The lowest BCUT2D eigenvalue weighted by atomic mass is 10.2. The molecule has 0 aliphatic carbocycles. The highest BCUT2D eigenvalue weighted by Gasteiger charge is 1.93. The van der Waals surface area contributed by atoms with Crippen LogP contribution in [0.2, 0.25) is 0 Å². The van der Waals surface area contributed by atoms with Crippen molar-refractivity contribution in [3.05, 3.63) is 23.7 Å². The SMILES string of the molecule is CCC(=COCCOCCOC=C(CC)CC)CC. The van der Waals surface area contributed by atoms with Crippen LogP contribution in [0.5, 0.6) is 0 Å². The lowest BCUT2D eigenvalue weighted by Crippen LogP contribution is -2.06. The molecule has 0 rings (SSSR count). The molecule has 3 heteroatoms. The van der Waals surface area contributed by atoms with Crippen LogP contribution in [-0.4, -0.2) is 26.4 Å². The Hall–Kier alpha value is -0.960. The largest absolute Gasteiger partial charge is 0.499 e. The maximum Gasteiger partial charge on any atom is 0.111 e. The van der Waals surface area contributed by atoms with Crippen molar-refractivity contribution in [3.8, 4) is 0 Å². The van der Waals surface area contributed by atoms with Gasteiger partial charge in [0.1, 0.15) is 13.2 Å². The molecule has 0 amide bonds. The van der Waals surface area contributed by atoms with Crippen molar-refractivity contribution in [1.82, 2.24) is 0 Å². The van der Waals surface area contributed by atoms with Crippen molar-refractivity contribution < 1.29 is 14.2 Å². The Labute approximate surface area is 118 Å². The number of allylic oxidation sites excluding steroid dienone is 2. The van der Waals surface area contributed by atoms with E-state index in [1.165, 1.54) is 11.1 Å². The molecule has 0 N–H and O–H groups in total. The van der Waals surface area contributed by atoms with Crippen molar-refractivity contribution in [2.24, 2.45) is 0 Å². The van der Waals surface area contributed by atoms with Crippen molar-refractivity contribution >= 4 is 0 Å². The molecule has 0 aromatic rings. The zero-order valence-electron chi connectivity index (χ0n) is 13.0. The molecule has 0 fully saturated rings. The second-order valence-electron chi connectivity index (χ2n) is 4.32. The quantitative estimate of drug-likeness (QED) is 0.387. The van der Waals surface area contributed by atoms with E-state index in [1.54, 1.807) is 0 Å². The molecule has 0 aliphatic heterocycles. The minimum Gasteiger partial charge on any atom is -0.499 e. The molecule has 0 aliphatic rings. The van der Waals surface area contributed by atoms with Crippen LogP contribution in [0.3, 0.4) is 0 Å². The molecule has 0 unspecified atom stereocenters. The van der Waals surface area contributed by atoms with E-state index in [0.717, 1.165) is 25.7 Å². The molecule has 112 valence electrons. The summed E-state index contributed by atoms with van der Waals surface area (Å²) in [5.41, 5.74) is 2.67. The van der Waals surface area contributed by atoms with E-state index in [2.05, 4.69) is 27.7 Å². The average molecular weight is 270 g/mol. The zero-order chi connectivity index (χ0) is 14.3. The molecule has 0 atom stereocenters. The van der Waals surface area contributed by atoms with Gasteiger partial charge in [-0.1, -0.05) is 27.7 Å². The van der Waals surface area contributed by atoms with E-state index in [9.17, 15) is 0 Å². The van der Waals surface area contributed by atoms with Crippen molar-refractivity contribution in [2.75, 3.05) is 26.4 Å². The van der Waals surface area contributed by atoms with Gasteiger partial charge in [-0.05, 0) is 36.8 Å². The topological polar surface area (TPSA) is 27.7 Å². The Bertz CT molecular complexity index is 219. The summed E-state index contributed by atoms with van der Waals surface area (Å²) >= 11 is 0. The molecule has 0 saturated carbocycles. The summed E-state index contributed by atoms with van der Waals surface area (Å²) in [4.78, 5) is 0. The van der Waals surface area contributed by atoms with Crippen LogP contribution in [0, 0.1) is 0 Å². The Morgan fingerprint density at radius 3 is 1.32 bits per heavy atom. The van der Waals surface area contributed by atoms with Crippen LogP contribution in [-0.2, 0) is 14.2 Å². The summed E-state index contributed by atoms with van der Waals surface area (Å²) in [7, 11) is 0. The van der Waals surface area contributed by atoms with Gasteiger partial charge in [0.05, 0.1) is 25.7 Å². The summed E-state index contributed by atoms with van der Waals surface area (Å²) in [6.07, 6.45) is 7.92. The predicted molar refractivity (Wildman–Crippen MR) is 80.1 cm³/mol. The normalized spacial score (nSPS) is 9.89. The van der Waals surface area contributed by atoms with Crippen LogP contribution in [0.25, 0.3) is 0 Å². The minimum atomic E-state index is 0.606. The summed E-state index contributed by atoms with van der Waals surface area (Å²) in [6.45, 7) is 11.0. The maximum absolute atomic E-state index is 5.42. The molecule has 0 aromatic carbocycles. The third kappa shape index (κ3) is 10.6. The van der Waals surface area contributed by atoms with Crippen LogP contribution in [0.4, 0.5) is 0 Å². The van der Waals surface area contributed by atoms with E-state index in [-0.39, 0.29) is 0 Å². The van der Waals surface area contributed by atoms with E-state index >= 15 is 0 Å². The molecule has 0 spiro atoms. The van der Waals surface area contributed by atoms with Gasteiger partial charge >= 0.3 is 0 Å². The van der Waals surface area contributed by atoms with E-state index in [4.69, 9.17) is 14.2 Å². The summed E-state index contributed by atoms with van der Waals surface area (Å²) in [5.74, 6) is 0. The highest BCUT2D eigenvalue weighted by Crippen LogP contribution is 2.05. The van der Waals surface area contributed by atoms with E-state index in [1.807, 2.05) is 12.5 Å². The van der Waals surface area contributed by atoms with Gasteiger partial charge in [0.15, 0.2) is 0 Å². The van der Waals surface area contributed by atoms with Crippen molar-refractivity contribution in [2.45, 2.75) is 53.4 Å². The van der Waals surface area contributed by atoms with Gasteiger partial charge < -0.3 is 14.2 Å². The molecule has 0 bridgehead atoms. The monoisotopic (exact) mass is 270 g/mol. The van der Waals surface area contributed by atoms with Gasteiger partial charge in [-0.3, -0.25) is 0 Å². The lowest BCUT2D eigenvalue weighted by molar-refractivity contribution is 0.0547. The van der Waals surface area contributed by atoms with Crippen LogP contribution < -0.4 is 0 Å².